The maximum atomic E-state index is 13.2. The second-order valence-corrected chi connectivity index (χ2v) is 3.78. The van der Waals surface area contributed by atoms with Crippen molar-refractivity contribution in [2.75, 3.05) is 38.2 Å². The molecule has 0 aliphatic carbocycles. The van der Waals surface area contributed by atoms with E-state index in [-0.39, 0.29) is 5.75 Å². The summed E-state index contributed by atoms with van der Waals surface area (Å²) in [5.74, 6) is -0.353. The smallest absolute Gasteiger partial charge is 0.255 e. The third-order valence-electron chi connectivity index (χ3n) is 2.72. The minimum atomic E-state index is -0.556. The molecular weight excluding hydrogens is 209 g/mol. The summed E-state index contributed by atoms with van der Waals surface area (Å²) >= 11 is 0. The number of hydrogen-bond donors (Lipinski definition) is 1. The summed E-state index contributed by atoms with van der Waals surface area (Å²) in [6, 6.07) is 1.70. The Morgan fingerprint density at radius 2 is 2.31 bits per heavy atom. The van der Waals surface area contributed by atoms with Crippen LogP contribution in [-0.2, 0) is 0 Å². The SMILES string of the molecule is COc1cc(N2CCCNCC2)cnc1F. The Kier molecular flexibility index (Phi) is 3.56. The fourth-order valence-electron chi connectivity index (χ4n) is 1.84. The van der Waals surface area contributed by atoms with E-state index in [1.54, 1.807) is 12.3 Å². The van der Waals surface area contributed by atoms with Gasteiger partial charge in [-0.15, -0.1) is 0 Å². The number of aromatic nitrogens is 1. The maximum absolute atomic E-state index is 13.2. The van der Waals surface area contributed by atoms with Gasteiger partial charge in [0.15, 0.2) is 5.75 Å². The van der Waals surface area contributed by atoms with Crippen molar-refractivity contribution in [3.8, 4) is 5.75 Å². The Morgan fingerprint density at radius 1 is 1.44 bits per heavy atom. The Bertz CT molecular complexity index is 351. The predicted molar refractivity (Wildman–Crippen MR) is 60.4 cm³/mol. The van der Waals surface area contributed by atoms with E-state index in [0.29, 0.717) is 0 Å². The van der Waals surface area contributed by atoms with Gasteiger partial charge < -0.3 is 15.0 Å². The van der Waals surface area contributed by atoms with Gasteiger partial charge in [-0.05, 0) is 13.0 Å². The molecule has 1 aromatic rings. The average Bonchev–Trinajstić information content (AvgIpc) is 2.58. The van der Waals surface area contributed by atoms with Crippen LogP contribution in [0.3, 0.4) is 0 Å². The number of ether oxygens (including phenoxy) is 1. The lowest BCUT2D eigenvalue weighted by Gasteiger charge is -2.22. The molecule has 0 radical (unpaired) electrons. The molecule has 1 fully saturated rings. The van der Waals surface area contributed by atoms with E-state index in [1.807, 2.05) is 0 Å². The standard InChI is InChI=1S/C11H16FN3O/c1-16-10-7-9(8-14-11(10)12)15-5-2-3-13-4-6-15/h7-8,13H,2-6H2,1H3. The van der Waals surface area contributed by atoms with Crippen LogP contribution in [0, 0.1) is 5.95 Å². The maximum Gasteiger partial charge on any atom is 0.255 e. The Balaban J connectivity index is 2.18. The first-order chi connectivity index (χ1) is 7.81. The first-order valence-corrected chi connectivity index (χ1v) is 5.46. The highest BCUT2D eigenvalue weighted by atomic mass is 19.1. The molecule has 2 rings (SSSR count). The molecule has 0 bridgehead atoms. The highest BCUT2D eigenvalue weighted by molar-refractivity contribution is 5.48. The van der Waals surface area contributed by atoms with Crippen molar-refractivity contribution in [1.82, 2.24) is 10.3 Å². The van der Waals surface area contributed by atoms with Crippen LogP contribution in [0.2, 0.25) is 0 Å². The van der Waals surface area contributed by atoms with Gasteiger partial charge in [0.1, 0.15) is 0 Å². The first kappa shape index (κ1) is 11.1. The average molecular weight is 225 g/mol. The van der Waals surface area contributed by atoms with Crippen LogP contribution >= 0.6 is 0 Å². The third-order valence-corrected chi connectivity index (χ3v) is 2.72. The molecule has 1 aliphatic heterocycles. The largest absolute Gasteiger partial charge is 0.492 e. The van der Waals surface area contributed by atoms with Crippen molar-refractivity contribution >= 4 is 5.69 Å². The van der Waals surface area contributed by atoms with E-state index < -0.39 is 5.95 Å². The molecule has 4 nitrogen and oxygen atoms in total. The molecule has 1 aromatic heterocycles. The fourth-order valence-corrected chi connectivity index (χ4v) is 1.84. The van der Waals surface area contributed by atoms with Crippen molar-refractivity contribution in [2.24, 2.45) is 0 Å². The van der Waals surface area contributed by atoms with Gasteiger partial charge in [-0.1, -0.05) is 0 Å². The van der Waals surface area contributed by atoms with Crippen molar-refractivity contribution in [3.63, 3.8) is 0 Å². The number of nitrogens with one attached hydrogen (secondary N) is 1. The molecule has 0 spiro atoms. The summed E-state index contributed by atoms with van der Waals surface area (Å²) in [6.45, 7) is 3.85. The molecule has 0 unspecified atom stereocenters. The summed E-state index contributed by atoms with van der Waals surface area (Å²) in [5, 5.41) is 3.32. The van der Waals surface area contributed by atoms with Gasteiger partial charge in [0.25, 0.3) is 5.95 Å². The number of hydrogen-bond acceptors (Lipinski definition) is 4. The van der Waals surface area contributed by atoms with Crippen LogP contribution in [0.1, 0.15) is 6.42 Å². The number of rotatable bonds is 2. The van der Waals surface area contributed by atoms with E-state index in [1.165, 1.54) is 7.11 Å². The van der Waals surface area contributed by atoms with Gasteiger partial charge >= 0.3 is 0 Å². The van der Waals surface area contributed by atoms with E-state index in [4.69, 9.17) is 4.74 Å². The number of nitrogens with zero attached hydrogens (tertiary/aromatic N) is 2. The highest BCUT2D eigenvalue weighted by Gasteiger charge is 2.12. The molecule has 0 saturated carbocycles. The van der Waals surface area contributed by atoms with Crippen molar-refractivity contribution < 1.29 is 9.13 Å². The lowest BCUT2D eigenvalue weighted by Crippen LogP contribution is -2.27. The summed E-state index contributed by atoms with van der Waals surface area (Å²) < 4.78 is 18.1. The third kappa shape index (κ3) is 2.41. The van der Waals surface area contributed by atoms with Gasteiger partial charge in [-0.3, -0.25) is 0 Å². The minimum absolute atomic E-state index is 0.203. The van der Waals surface area contributed by atoms with Gasteiger partial charge in [0.2, 0.25) is 0 Å². The molecule has 5 heteroatoms. The zero-order valence-corrected chi connectivity index (χ0v) is 9.37. The summed E-state index contributed by atoms with van der Waals surface area (Å²) in [5.41, 5.74) is 0.918. The highest BCUT2D eigenvalue weighted by Crippen LogP contribution is 2.22. The van der Waals surface area contributed by atoms with Crippen LogP contribution < -0.4 is 15.0 Å². The van der Waals surface area contributed by atoms with Gasteiger partial charge in [0, 0.05) is 25.7 Å². The zero-order valence-electron chi connectivity index (χ0n) is 9.37. The number of methoxy groups -OCH3 is 1. The predicted octanol–water partition coefficient (Wildman–Crippen LogP) is 1.03. The molecule has 1 aliphatic rings. The fraction of sp³-hybridized carbons (Fsp3) is 0.545. The van der Waals surface area contributed by atoms with E-state index >= 15 is 0 Å². The quantitative estimate of drug-likeness (QED) is 0.763. The normalized spacial score (nSPS) is 17.0. The summed E-state index contributed by atoms with van der Waals surface area (Å²) in [7, 11) is 1.45. The molecule has 1 saturated heterocycles. The van der Waals surface area contributed by atoms with Gasteiger partial charge in [-0.2, -0.15) is 4.39 Å². The van der Waals surface area contributed by atoms with Crippen LogP contribution in [0.5, 0.6) is 5.75 Å². The lowest BCUT2D eigenvalue weighted by atomic mass is 10.3. The van der Waals surface area contributed by atoms with Crippen LogP contribution in [0.15, 0.2) is 12.3 Å². The summed E-state index contributed by atoms with van der Waals surface area (Å²) in [4.78, 5) is 5.89. The van der Waals surface area contributed by atoms with Crippen LogP contribution in [-0.4, -0.2) is 38.3 Å². The van der Waals surface area contributed by atoms with Gasteiger partial charge in [0.05, 0.1) is 19.0 Å². The molecule has 0 atom stereocenters. The number of pyridine rings is 1. The lowest BCUT2D eigenvalue weighted by molar-refractivity contribution is 0.378. The van der Waals surface area contributed by atoms with Crippen molar-refractivity contribution in [3.05, 3.63) is 18.2 Å². The molecule has 88 valence electrons. The second kappa shape index (κ2) is 5.12. The van der Waals surface area contributed by atoms with Gasteiger partial charge in [-0.25, -0.2) is 4.98 Å². The molecule has 1 N–H and O–H groups in total. The number of anilines is 1. The van der Waals surface area contributed by atoms with Crippen molar-refractivity contribution in [1.29, 1.82) is 0 Å². The van der Waals surface area contributed by atoms with E-state index in [9.17, 15) is 4.39 Å². The molecule has 0 aromatic carbocycles. The zero-order chi connectivity index (χ0) is 11.4. The minimum Gasteiger partial charge on any atom is -0.492 e. The Morgan fingerprint density at radius 3 is 3.12 bits per heavy atom. The Hall–Kier alpha value is -1.36. The summed E-state index contributed by atoms with van der Waals surface area (Å²) in [6.07, 6.45) is 2.64. The van der Waals surface area contributed by atoms with Crippen molar-refractivity contribution in [2.45, 2.75) is 6.42 Å². The second-order valence-electron chi connectivity index (χ2n) is 3.78. The molecule has 2 heterocycles. The molecular formula is C11H16FN3O. The Labute approximate surface area is 94.4 Å². The van der Waals surface area contributed by atoms with E-state index in [2.05, 4.69) is 15.2 Å². The topological polar surface area (TPSA) is 37.4 Å². The molecule has 0 amide bonds. The van der Waals surface area contributed by atoms with Crippen LogP contribution in [0.4, 0.5) is 10.1 Å². The van der Waals surface area contributed by atoms with E-state index in [0.717, 1.165) is 38.3 Å². The molecule has 16 heavy (non-hydrogen) atoms. The van der Waals surface area contributed by atoms with Crippen LogP contribution in [0.25, 0.3) is 0 Å². The monoisotopic (exact) mass is 225 g/mol. The number of halogens is 1. The first-order valence-electron chi connectivity index (χ1n) is 5.46.